The van der Waals surface area contributed by atoms with E-state index in [2.05, 4.69) is 25.0 Å². The molecule has 0 radical (unpaired) electrons. The predicted molar refractivity (Wildman–Crippen MR) is 121 cm³/mol. The lowest BCUT2D eigenvalue weighted by Gasteiger charge is -2.18. The molecule has 0 aliphatic carbocycles. The number of rotatable bonds is 4. The zero-order valence-electron chi connectivity index (χ0n) is 17.5. The second kappa shape index (κ2) is 8.64. The second-order valence-electron chi connectivity index (χ2n) is 6.99. The molecular formula is C22H19ClN6O3. The zero-order valence-corrected chi connectivity index (χ0v) is 18.3. The number of anilines is 2. The Morgan fingerprint density at radius 2 is 1.91 bits per heavy atom. The number of halogens is 1. The summed E-state index contributed by atoms with van der Waals surface area (Å²) in [6, 6.07) is 8.81. The van der Waals surface area contributed by atoms with E-state index in [1.165, 1.54) is 18.2 Å². The minimum absolute atomic E-state index is 0.254. The SMILES string of the molecule is COC(=O)Nc1ccc(-c2cnc3cnc(C(=O)N(C)c4ccc(Cl)c(C)c4)cn23)cn1. The van der Waals surface area contributed by atoms with Gasteiger partial charge in [0.1, 0.15) is 11.5 Å². The van der Waals surface area contributed by atoms with Crippen LogP contribution in [0.2, 0.25) is 5.02 Å². The Labute approximate surface area is 188 Å². The van der Waals surface area contributed by atoms with Crippen molar-refractivity contribution in [1.82, 2.24) is 19.4 Å². The topological polar surface area (TPSA) is 102 Å². The van der Waals surface area contributed by atoms with E-state index in [-0.39, 0.29) is 11.6 Å². The smallest absolute Gasteiger partial charge is 0.412 e. The average molecular weight is 451 g/mol. The van der Waals surface area contributed by atoms with Crippen LogP contribution in [0.1, 0.15) is 16.1 Å². The number of nitrogens with one attached hydrogen (secondary N) is 1. The highest BCUT2D eigenvalue weighted by molar-refractivity contribution is 6.31. The maximum Gasteiger partial charge on any atom is 0.412 e. The number of imidazole rings is 1. The van der Waals surface area contributed by atoms with Gasteiger partial charge in [0.15, 0.2) is 5.65 Å². The zero-order chi connectivity index (χ0) is 22.8. The van der Waals surface area contributed by atoms with Gasteiger partial charge in [-0.2, -0.15) is 0 Å². The number of ether oxygens (including phenoxy) is 1. The van der Waals surface area contributed by atoms with Crippen molar-refractivity contribution < 1.29 is 14.3 Å². The number of aryl methyl sites for hydroxylation is 1. The van der Waals surface area contributed by atoms with Crippen LogP contribution < -0.4 is 10.2 Å². The summed E-state index contributed by atoms with van der Waals surface area (Å²) >= 11 is 6.09. The fourth-order valence-corrected chi connectivity index (χ4v) is 3.23. The van der Waals surface area contributed by atoms with Crippen LogP contribution in [0.5, 0.6) is 0 Å². The number of carbonyl (C=O) groups excluding carboxylic acids is 2. The van der Waals surface area contributed by atoms with E-state index >= 15 is 0 Å². The molecule has 0 atom stereocenters. The first-order chi connectivity index (χ1) is 15.4. The first kappa shape index (κ1) is 21.3. The number of nitrogens with zero attached hydrogens (tertiary/aromatic N) is 5. The highest BCUT2D eigenvalue weighted by Gasteiger charge is 2.18. The van der Waals surface area contributed by atoms with Gasteiger partial charge in [-0.1, -0.05) is 11.6 Å². The lowest BCUT2D eigenvalue weighted by atomic mass is 10.2. The number of methoxy groups -OCH3 is 1. The van der Waals surface area contributed by atoms with Crippen LogP contribution in [0.25, 0.3) is 16.9 Å². The number of benzene rings is 1. The summed E-state index contributed by atoms with van der Waals surface area (Å²) in [6.45, 7) is 1.88. The van der Waals surface area contributed by atoms with Crippen LogP contribution in [0.3, 0.4) is 0 Å². The Balaban J connectivity index is 1.64. The highest BCUT2D eigenvalue weighted by atomic mass is 35.5. The number of aromatic nitrogens is 4. The summed E-state index contributed by atoms with van der Waals surface area (Å²) in [5.41, 5.74) is 3.89. The predicted octanol–water partition coefficient (Wildman–Crippen LogP) is 4.21. The van der Waals surface area contributed by atoms with Gasteiger partial charge in [-0.3, -0.25) is 14.5 Å². The van der Waals surface area contributed by atoms with Gasteiger partial charge < -0.3 is 9.64 Å². The number of hydrogen-bond acceptors (Lipinski definition) is 6. The quantitative estimate of drug-likeness (QED) is 0.499. The second-order valence-corrected chi connectivity index (χ2v) is 7.40. The third kappa shape index (κ3) is 4.10. The van der Waals surface area contributed by atoms with Gasteiger partial charge >= 0.3 is 6.09 Å². The lowest BCUT2D eigenvalue weighted by Crippen LogP contribution is -2.27. The monoisotopic (exact) mass is 450 g/mol. The van der Waals surface area contributed by atoms with Gasteiger partial charge in [-0.25, -0.2) is 19.7 Å². The van der Waals surface area contributed by atoms with E-state index in [0.717, 1.165) is 16.8 Å². The number of carbonyl (C=O) groups is 2. The first-order valence-electron chi connectivity index (χ1n) is 9.56. The molecule has 3 heterocycles. The van der Waals surface area contributed by atoms with E-state index in [0.29, 0.717) is 22.2 Å². The number of fused-ring (bicyclic) bond motifs is 1. The fourth-order valence-electron chi connectivity index (χ4n) is 3.11. The van der Waals surface area contributed by atoms with E-state index < -0.39 is 6.09 Å². The van der Waals surface area contributed by atoms with Gasteiger partial charge in [-0.05, 0) is 42.8 Å². The first-order valence-corrected chi connectivity index (χ1v) is 9.94. The Bertz CT molecular complexity index is 1320. The van der Waals surface area contributed by atoms with E-state index in [4.69, 9.17) is 11.6 Å². The standard InChI is InChI=1S/C22H19ClN6O3/c1-13-8-15(5-6-16(13)23)28(2)21(30)17-12-29-18(10-26-20(29)11-24-17)14-4-7-19(25-9-14)27-22(31)32-3/h4-12H,1-3H3,(H,25,27,31). The van der Waals surface area contributed by atoms with Gasteiger partial charge in [-0.15, -0.1) is 0 Å². The Hall–Kier alpha value is -3.98. The van der Waals surface area contributed by atoms with Crippen LogP contribution in [-0.2, 0) is 4.74 Å². The summed E-state index contributed by atoms with van der Waals surface area (Å²) in [4.78, 5) is 38.7. The summed E-state index contributed by atoms with van der Waals surface area (Å²) in [5, 5.41) is 3.14. The minimum atomic E-state index is -0.603. The molecule has 9 nitrogen and oxygen atoms in total. The molecule has 32 heavy (non-hydrogen) atoms. The molecule has 1 N–H and O–H groups in total. The van der Waals surface area contributed by atoms with Crippen molar-refractivity contribution >= 4 is 40.8 Å². The fraction of sp³-hybridized carbons (Fsp3) is 0.136. The molecule has 1 aromatic carbocycles. The van der Waals surface area contributed by atoms with Crippen LogP contribution in [0.15, 0.2) is 55.1 Å². The Kier molecular flexibility index (Phi) is 5.74. The maximum atomic E-state index is 13.1. The molecule has 0 aliphatic rings. The molecule has 4 rings (SSSR count). The summed E-state index contributed by atoms with van der Waals surface area (Å²) in [6.07, 6.45) is 5.84. The van der Waals surface area contributed by atoms with Crippen LogP contribution in [0, 0.1) is 6.92 Å². The molecule has 0 saturated heterocycles. The van der Waals surface area contributed by atoms with Crippen LogP contribution in [-0.4, -0.2) is 45.5 Å². The van der Waals surface area contributed by atoms with Gasteiger partial charge in [0.05, 0.1) is 25.2 Å². The third-order valence-electron chi connectivity index (χ3n) is 4.92. The van der Waals surface area contributed by atoms with Crippen LogP contribution >= 0.6 is 11.6 Å². The number of amides is 2. The third-order valence-corrected chi connectivity index (χ3v) is 5.35. The summed E-state index contributed by atoms with van der Waals surface area (Å²) < 4.78 is 6.33. The van der Waals surface area contributed by atoms with Gasteiger partial charge in [0, 0.05) is 35.7 Å². The molecule has 0 bridgehead atoms. The highest BCUT2D eigenvalue weighted by Crippen LogP contribution is 2.24. The molecule has 10 heteroatoms. The van der Waals surface area contributed by atoms with Crippen molar-refractivity contribution in [2.24, 2.45) is 0 Å². The molecule has 0 saturated carbocycles. The van der Waals surface area contributed by atoms with Crippen molar-refractivity contribution in [2.75, 3.05) is 24.4 Å². The molecule has 162 valence electrons. The van der Waals surface area contributed by atoms with Crippen molar-refractivity contribution in [3.63, 3.8) is 0 Å². The van der Waals surface area contributed by atoms with E-state index in [1.807, 2.05) is 13.0 Å². The molecular weight excluding hydrogens is 432 g/mol. The van der Waals surface area contributed by atoms with Crippen molar-refractivity contribution in [3.8, 4) is 11.3 Å². The Morgan fingerprint density at radius 3 is 2.59 bits per heavy atom. The molecule has 0 aliphatic heterocycles. The largest absolute Gasteiger partial charge is 0.453 e. The van der Waals surface area contributed by atoms with Gasteiger partial charge in [0.25, 0.3) is 5.91 Å². The molecule has 4 aromatic rings. The molecule has 2 amide bonds. The summed E-state index contributed by atoms with van der Waals surface area (Å²) in [5.74, 6) is 0.0795. The molecule has 3 aromatic heterocycles. The molecule has 0 spiro atoms. The molecule has 0 fully saturated rings. The number of pyridine rings is 1. The van der Waals surface area contributed by atoms with Crippen molar-refractivity contribution in [3.05, 3.63) is 71.4 Å². The minimum Gasteiger partial charge on any atom is -0.453 e. The normalized spacial score (nSPS) is 10.8. The van der Waals surface area contributed by atoms with Crippen LogP contribution in [0.4, 0.5) is 16.3 Å². The van der Waals surface area contributed by atoms with Crippen molar-refractivity contribution in [2.45, 2.75) is 6.92 Å². The maximum absolute atomic E-state index is 13.1. The van der Waals surface area contributed by atoms with E-state index in [1.54, 1.807) is 54.3 Å². The lowest BCUT2D eigenvalue weighted by molar-refractivity contribution is 0.0987. The number of hydrogen-bond donors (Lipinski definition) is 1. The average Bonchev–Trinajstić information content (AvgIpc) is 3.23. The van der Waals surface area contributed by atoms with Crippen molar-refractivity contribution in [1.29, 1.82) is 0 Å². The summed E-state index contributed by atoms with van der Waals surface area (Å²) in [7, 11) is 2.96. The van der Waals surface area contributed by atoms with E-state index in [9.17, 15) is 9.59 Å². The van der Waals surface area contributed by atoms with Gasteiger partial charge in [0.2, 0.25) is 0 Å². The Morgan fingerprint density at radius 1 is 1.09 bits per heavy atom. The molecule has 0 unspecified atom stereocenters.